The quantitative estimate of drug-likeness (QED) is 0.599. The zero-order valence-electron chi connectivity index (χ0n) is 11.7. The Morgan fingerprint density at radius 2 is 1.71 bits per heavy atom. The highest BCUT2D eigenvalue weighted by Crippen LogP contribution is 2.22. The molecule has 0 aromatic heterocycles. The zero-order chi connectivity index (χ0) is 15.1. The van der Waals surface area contributed by atoms with E-state index in [4.69, 9.17) is 21.1 Å². The Morgan fingerprint density at radius 3 is 2.29 bits per heavy atom. The Morgan fingerprint density at radius 1 is 1.05 bits per heavy atom. The van der Waals surface area contributed by atoms with Gasteiger partial charge in [0.1, 0.15) is 12.4 Å². The summed E-state index contributed by atoms with van der Waals surface area (Å²) < 4.78 is 10.8. The lowest BCUT2D eigenvalue weighted by atomic mass is 10.1. The topological polar surface area (TPSA) is 35.5 Å². The number of rotatable bonds is 6. The maximum Gasteiger partial charge on any atom is 0.303 e. The molecule has 0 aliphatic heterocycles. The van der Waals surface area contributed by atoms with E-state index in [0.29, 0.717) is 12.7 Å². The average molecular weight is 304 g/mol. The van der Waals surface area contributed by atoms with Gasteiger partial charge in [-0.15, -0.1) is 11.6 Å². The molecule has 0 saturated heterocycles. The van der Waals surface area contributed by atoms with Gasteiger partial charge >= 0.3 is 5.97 Å². The molecule has 0 bridgehead atoms. The fourth-order valence-electron chi connectivity index (χ4n) is 1.81. The van der Waals surface area contributed by atoms with E-state index < -0.39 is 0 Å². The molecule has 0 spiro atoms. The van der Waals surface area contributed by atoms with Crippen LogP contribution < -0.4 is 4.74 Å². The molecule has 2 aromatic rings. The van der Waals surface area contributed by atoms with Crippen LogP contribution in [-0.2, 0) is 16.1 Å². The van der Waals surface area contributed by atoms with E-state index in [1.807, 2.05) is 54.6 Å². The van der Waals surface area contributed by atoms with Crippen LogP contribution in [0, 0.1) is 6.10 Å². The van der Waals surface area contributed by atoms with E-state index in [-0.39, 0.29) is 11.8 Å². The van der Waals surface area contributed by atoms with E-state index >= 15 is 0 Å². The number of hydrogen-bond donors (Lipinski definition) is 0. The maximum absolute atomic E-state index is 11.0. The number of benzene rings is 2. The predicted octanol–water partition coefficient (Wildman–Crippen LogP) is 3.95. The molecule has 0 atom stereocenters. The lowest BCUT2D eigenvalue weighted by molar-refractivity contribution is -0.138. The Kier molecular flexibility index (Phi) is 5.64. The summed E-state index contributed by atoms with van der Waals surface area (Å²) in [5.74, 6) is 0.512. The van der Waals surface area contributed by atoms with Crippen molar-refractivity contribution in [3.8, 4) is 5.75 Å². The van der Waals surface area contributed by atoms with Crippen LogP contribution in [0.3, 0.4) is 0 Å². The molecule has 0 saturated carbocycles. The summed E-state index contributed by atoms with van der Waals surface area (Å²) in [5.41, 5.74) is 1.88. The second-order valence-electron chi connectivity index (χ2n) is 4.45. The maximum atomic E-state index is 11.0. The van der Waals surface area contributed by atoms with Crippen molar-refractivity contribution in [1.82, 2.24) is 0 Å². The zero-order valence-corrected chi connectivity index (χ0v) is 12.5. The second kappa shape index (κ2) is 7.70. The number of esters is 1. The number of carbonyl (C=O) groups is 1. The molecular formula is C17H16ClO3. The minimum atomic E-state index is -0.380. The van der Waals surface area contributed by atoms with E-state index in [2.05, 4.69) is 0 Å². The molecule has 3 nitrogen and oxygen atoms in total. The number of carbonyl (C=O) groups excluding carboxylic acids is 1. The summed E-state index contributed by atoms with van der Waals surface area (Å²) in [6, 6.07) is 17.2. The lowest BCUT2D eigenvalue weighted by Crippen LogP contribution is -2.10. The molecule has 109 valence electrons. The molecule has 2 rings (SSSR count). The summed E-state index contributed by atoms with van der Waals surface area (Å²) >= 11 is 5.78. The van der Waals surface area contributed by atoms with Gasteiger partial charge in [0.05, 0.1) is 5.88 Å². The highest BCUT2D eigenvalue weighted by molar-refractivity contribution is 6.19. The van der Waals surface area contributed by atoms with Gasteiger partial charge in [-0.2, -0.15) is 0 Å². The van der Waals surface area contributed by atoms with Gasteiger partial charge in [0.2, 0.25) is 0 Å². The number of halogens is 1. The van der Waals surface area contributed by atoms with Crippen molar-refractivity contribution in [2.24, 2.45) is 0 Å². The fraction of sp³-hybridized carbons (Fsp3) is 0.176. The minimum Gasteiger partial charge on any atom is -0.489 e. The smallest absolute Gasteiger partial charge is 0.303 e. The fourth-order valence-corrected chi connectivity index (χ4v) is 2.02. The highest BCUT2D eigenvalue weighted by Gasteiger charge is 2.15. The van der Waals surface area contributed by atoms with Crippen molar-refractivity contribution < 1.29 is 14.3 Å². The molecule has 2 aromatic carbocycles. The highest BCUT2D eigenvalue weighted by atomic mass is 35.5. The molecular weight excluding hydrogens is 288 g/mol. The first-order valence-corrected chi connectivity index (χ1v) is 7.10. The largest absolute Gasteiger partial charge is 0.489 e. The average Bonchev–Trinajstić information content (AvgIpc) is 2.52. The summed E-state index contributed by atoms with van der Waals surface area (Å²) in [5, 5.41) is 0. The Balaban J connectivity index is 1.96. The second-order valence-corrected chi connectivity index (χ2v) is 4.72. The first-order chi connectivity index (χ1) is 10.2. The molecule has 0 aliphatic rings. The normalized spacial score (nSPS) is 10.4. The standard InChI is InChI=1S/C17H16ClO3/c1-13(19)21-17(11-18)15-7-9-16(10-8-15)20-12-14-5-3-2-4-6-14/h2-10H,11-12H2,1H3. The number of alkyl halides is 1. The summed E-state index contributed by atoms with van der Waals surface area (Å²) in [6.45, 7) is 1.86. The van der Waals surface area contributed by atoms with Crippen molar-refractivity contribution in [3.05, 3.63) is 71.8 Å². The van der Waals surface area contributed by atoms with Gasteiger partial charge < -0.3 is 9.47 Å². The number of ether oxygens (including phenoxy) is 2. The predicted molar refractivity (Wildman–Crippen MR) is 82.0 cm³/mol. The molecule has 21 heavy (non-hydrogen) atoms. The van der Waals surface area contributed by atoms with Crippen molar-refractivity contribution >= 4 is 17.6 Å². The first kappa shape index (κ1) is 15.4. The van der Waals surface area contributed by atoms with Crippen LogP contribution in [0.25, 0.3) is 0 Å². The van der Waals surface area contributed by atoms with Crippen LogP contribution in [0.15, 0.2) is 54.6 Å². The molecule has 4 heteroatoms. The van der Waals surface area contributed by atoms with Crippen molar-refractivity contribution in [2.45, 2.75) is 13.5 Å². The van der Waals surface area contributed by atoms with Crippen LogP contribution >= 0.6 is 11.6 Å². The van der Waals surface area contributed by atoms with Gasteiger partial charge in [-0.25, -0.2) is 0 Å². The van der Waals surface area contributed by atoms with Gasteiger partial charge in [0.15, 0.2) is 6.10 Å². The van der Waals surface area contributed by atoms with Crippen molar-refractivity contribution in [3.63, 3.8) is 0 Å². The van der Waals surface area contributed by atoms with Gasteiger partial charge in [0.25, 0.3) is 0 Å². The molecule has 0 fully saturated rings. The van der Waals surface area contributed by atoms with Crippen LogP contribution in [0.1, 0.15) is 18.1 Å². The Labute approximate surface area is 129 Å². The minimum absolute atomic E-state index is 0.143. The lowest BCUT2D eigenvalue weighted by Gasteiger charge is -2.13. The first-order valence-electron chi connectivity index (χ1n) is 6.56. The van der Waals surface area contributed by atoms with E-state index in [9.17, 15) is 4.79 Å². The van der Waals surface area contributed by atoms with E-state index in [0.717, 1.165) is 16.9 Å². The molecule has 0 aliphatic carbocycles. The van der Waals surface area contributed by atoms with Gasteiger partial charge in [-0.05, 0) is 17.7 Å². The third kappa shape index (κ3) is 4.80. The SMILES string of the molecule is CC(=O)O[C](CCl)c1ccc(OCc2ccccc2)cc1. The third-order valence-electron chi connectivity index (χ3n) is 2.81. The van der Waals surface area contributed by atoms with Crippen LogP contribution in [0.5, 0.6) is 5.75 Å². The van der Waals surface area contributed by atoms with Gasteiger partial charge in [-0.1, -0.05) is 42.5 Å². The number of hydrogen-bond acceptors (Lipinski definition) is 3. The molecule has 0 amide bonds. The van der Waals surface area contributed by atoms with Gasteiger partial charge in [-0.3, -0.25) is 4.79 Å². The molecule has 0 N–H and O–H groups in total. The summed E-state index contributed by atoms with van der Waals surface area (Å²) in [7, 11) is 0. The van der Waals surface area contributed by atoms with Crippen LogP contribution in [-0.4, -0.2) is 11.8 Å². The van der Waals surface area contributed by atoms with Crippen LogP contribution in [0.4, 0.5) is 0 Å². The van der Waals surface area contributed by atoms with Gasteiger partial charge in [0, 0.05) is 12.5 Å². The molecule has 0 heterocycles. The van der Waals surface area contributed by atoms with Crippen LogP contribution in [0.2, 0.25) is 0 Å². The Hall–Kier alpha value is -2.00. The molecule has 1 radical (unpaired) electrons. The van der Waals surface area contributed by atoms with Crippen molar-refractivity contribution in [2.75, 3.05) is 5.88 Å². The Bertz CT molecular complexity index is 566. The van der Waals surface area contributed by atoms with Crippen molar-refractivity contribution in [1.29, 1.82) is 0 Å². The molecule has 0 unspecified atom stereocenters. The van der Waals surface area contributed by atoms with E-state index in [1.54, 1.807) is 0 Å². The van der Waals surface area contributed by atoms with E-state index in [1.165, 1.54) is 6.92 Å². The third-order valence-corrected chi connectivity index (χ3v) is 3.06. The monoisotopic (exact) mass is 303 g/mol. The summed E-state index contributed by atoms with van der Waals surface area (Å²) in [6.07, 6.45) is 0.443. The summed E-state index contributed by atoms with van der Waals surface area (Å²) in [4.78, 5) is 11.0.